The summed E-state index contributed by atoms with van der Waals surface area (Å²) in [5.74, 6) is 0.346. The fourth-order valence-electron chi connectivity index (χ4n) is 6.80. The molecule has 0 spiro atoms. The van der Waals surface area contributed by atoms with E-state index in [1.165, 1.54) is 12.7 Å². The number of benzene rings is 1. The molecule has 1 aromatic carbocycles. The molecule has 6 rings (SSSR count). The maximum atomic E-state index is 13.3. The Morgan fingerprint density at radius 3 is 2.93 bits per heavy atom. The maximum Gasteiger partial charge on any atom is 0.360 e. The number of methoxy groups -OCH3 is 2. The zero-order chi connectivity index (χ0) is 20.1. The van der Waals surface area contributed by atoms with Crippen LogP contribution in [0.3, 0.4) is 0 Å². The minimum absolute atomic E-state index is 0.128. The van der Waals surface area contributed by atoms with Crippen molar-refractivity contribution in [3.8, 4) is 5.75 Å². The summed E-state index contributed by atoms with van der Waals surface area (Å²) in [6.07, 6.45) is 1.22. The number of ether oxygens (including phenoxy) is 3. The highest BCUT2D eigenvalue weighted by molar-refractivity contribution is 5.91. The van der Waals surface area contributed by atoms with Gasteiger partial charge in [0.25, 0.3) is 0 Å². The first kappa shape index (κ1) is 17.7. The average molecular weight is 398 g/mol. The first-order valence-electron chi connectivity index (χ1n) is 10.4. The van der Waals surface area contributed by atoms with E-state index < -0.39 is 17.8 Å². The minimum atomic E-state index is -1.25. The molecule has 0 radical (unpaired) electrons. The highest BCUT2D eigenvalue weighted by Crippen LogP contribution is 2.67. The fraction of sp³-hybridized carbons (Fsp3) is 0.591. The Kier molecular flexibility index (Phi) is 3.38. The van der Waals surface area contributed by atoms with Crippen molar-refractivity contribution in [3.63, 3.8) is 0 Å². The van der Waals surface area contributed by atoms with E-state index in [2.05, 4.69) is 22.5 Å². The van der Waals surface area contributed by atoms with Crippen LogP contribution in [0.4, 0.5) is 0 Å². The smallest absolute Gasteiger partial charge is 0.360 e. The lowest BCUT2D eigenvalue weighted by Crippen LogP contribution is -2.61. The SMILES string of the molecule is CC[C@]12C[C@]3(C(=O)OC)O[C@H]1[C@@H](O)CN1CCc4c(n3c3cc(OC)ccc43)[C@H]12. The van der Waals surface area contributed by atoms with E-state index in [-0.39, 0.29) is 17.6 Å². The Bertz CT molecular complexity index is 1050. The van der Waals surface area contributed by atoms with Crippen LogP contribution in [-0.2, 0) is 26.4 Å². The van der Waals surface area contributed by atoms with Crippen molar-refractivity contribution in [3.05, 3.63) is 29.5 Å². The standard InChI is InChI=1S/C22H26N2O5/c1-4-21-11-22(20(26)28-3)24-15-9-12(27-2)5-6-13(15)14-7-8-23(18(21)17(14)24)10-16(25)19(21)29-22/h5-6,9,16,18-19,25H,4,7-8,10-11H2,1-3H3/t16-,18-,19-,21+,22+/m0/s1. The molecule has 4 aliphatic rings. The molecule has 0 aliphatic carbocycles. The van der Waals surface area contributed by atoms with Crippen molar-refractivity contribution in [2.75, 3.05) is 27.3 Å². The molecule has 2 aromatic rings. The van der Waals surface area contributed by atoms with Crippen LogP contribution in [0, 0.1) is 5.41 Å². The van der Waals surface area contributed by atoms with E-state index >= 15 is 0 Å². The molecule has 29 heavy (non-hydrogen) atoms. The summed E-state index contributed by atoms with van der Waals surface area (Å²) in [5.41, 5.74) is 1.82. The van der Waals surface area contributed by atoms with Gasteiger partial charge in [-0.25, -0.2) is 4.79 Å². The summed E-state index contributed by atoms with van der Waals surface area (Å²) in [4.78, 5) is 15.7. The molecule has 5 atom stereocenters. The molecule has 2 fully saturated rings. The summed E-state index contributed by atoms with van der Waals surface area (Å²) in [6.45, 7) is 3.62. The van der Waals surface area contributed by atoms with Crippen molar-refractivity contribution >= 4 is 16.9 Å². The number of rotatable bonds is 3. The average Bonchev–Trinajstić information content (AvgIpc) is 3.25. The molecule has 154 valence electrons. The quantitative estimate of drug-likeness (QED) is 0.797. The molecule has 0 saturated carbocycles. The van der Waals surface area contributed by atoms with Gasteiger partial charge in [-0.2, -0.15) is 0 Å². The lowest BCUT2D eigenvalue weighted by molar-refractivity contribution is -0.191. The molecule has 1 aromatic heterocycles. The van der Waals surface area contributed by atoms with Gasteiger partial charge >= 0.3 is 5.97 Å². The number of piperidine rings is 1. The molecule has 4 aliphatic heterocycles. The number of esters is 1. The van der Waals surface area contributed by atoms with Gasteiger partial charge in [0.1, 0.15) is 5.75 Å². The predicted molar refractivity (Wildman–Crippen MR) is 105 cm³/mol. The van der Waals surface area contributed by atoms with Crippen molar-refractivity contribution in [2.45, 2.75) is 50.2 Å². The number of nitrogens with zero attached hydrogens (tertiary/aromatic N) is 2. The van der Waals surface area contributed by atoms with Crippen molar-refractivity contribution < 1.29 is 24.1 Å². The van der Waals surface area contributed by atoms with Crippen LogP contribution >= 0.6 is 0 Å². The first-order valence-corrected chi connectivity index (χ1v) is 10.4. The van der Waals surface area contributed by atoms with Crippen molar-refractivity contribution in [2.24, 2.45) is 5.41 Å². The van der Waals surface area contributed by atoms with E-state index in [0.29, 0.717) is 13.0 Å². The Balaban J connectivity index is 1.75. The van der Waals surface area contributed by atoms with E-state index in [4.69, 9.17) is 14.2 Å². The van der Waals surface area contributed by atoms with Gasteiger partial charge in [0.05, 0.1) is 38.0 Å². The Labute approximate surface area is 169 Å². The van der Waals surface area contributed by atoms with Crippen LogP contribution in [0.25, 0.3) is 10.9 Å². The minimum Gasteiger partial charge on any atom is -0.497 e. The molecule has 7 nitrogen and oxygen atoms in total. The summed E-state index contributed by atoms with van der Waals surface area (Å²) in [6, 6.07) is 6.19. The van der Waals surface area contributed by atoms with Crippen LogP contribution in [0.5, 0.6) is 5.75 Å². The van der Waals surface area contributed by atoms with Gasteiger partial charge in [-0.3, -0.25) is 4.90 Å². The van der Waals surface area contributed by atoms with E-state index in [0.717, 1.165) is 41.7 Å². The second-order valence-corrected chi connectivity index (χ2v) is 8.88. The lowest BCUT2D eigenvalue weighted by atomic mass is 9.62. The molecule has 5 heterocycles. The largest absolute Gasteiger partial charge is 0.497 e. The number of carbonyl (C=O) groups excluding carboxylic acids is 1. The molecule has 1 N–H and O–H groups in total. The zero-order valence-electron chi connectivity index (χ0n) is 17.0. The van der Waals surface area contributed by atoms with Gasteiger partial charge in [0.2, 0.25) is 5.72 Å². The van der Waals surface area contributed by atoms with E-state index in [1.54, 1.807) is 7.11 Å². The van der Waals surface area contributed by atoms with E-state index in [9.17, 15) is 9.90 Å². The van der Waals surface area contributed by atoms with Crippen LogP contribution in [0.1, 0.15) is 37.1 Å². The third-order valence-corrected chi connectivity index (χ3v) is 7.89. The summed E-state index contributed by atoms with van der Waals surface area (Å²) < 4.78 is 19.4. The highest BCUT2D eigenvalue weighted by Gasteiger charge is 2.72. The third kappa shape index (κ3) is 1.83. The normalized spacial score (nSPS) is 37.0. The number of hydrogen-bond acceptors (Lipinski definition) is 6. The second kappa shape index (κ2) is 5.53. The molecular formula is C22H26N2O5. The van der Waals surface area contributed by atoms with Gasteiger partial charge in [-0.15, -0.1) is 0 Å². The Hall–Kier alpha value is -2.09. The van der Waals surface area contributed by atoms with Gasteiger partial charge in [-0.05, 0) is 30.5 Å². The number of hydrogen-bond donors (Lipinski definition) is 1. The van der Waals surface area contributed by atoms with Crippen LogP contribution < -0.4 is 4.74 Å². The number of fused-ring (bicyclic) bond motifs is 5. The topological polar surface area (TPSA) is 73.2 Å². The summed E-state index contributed by atoms with van der Waals surface area (Å²) >= 11 is 0. The predicted octanol–water partition coefficient (Wildman–Crippen LogP) is 1.95. The Morgan fingerprint density at radius 1 is 1.38 bits per heavy atom. The summed E-state index contributed by atoms with van der Waals surface area (Å²) in [5, 5.41) is 12.1. The molecule has 2 saturated heterocycles. The first-order chi connectivity index (χ1) is 14.0. The number of aromatic nitrogens is 1. The second-order valence-electron chi connectivity index (χ2n) is 8.88. The van der Waals surface area contributed by atoms with E-state index in [1.807, 2.05) is 12.1 Å². The Morgan fingerprint density at radius 2 is 2.21 bits per heavy atom. The number of aliphatic hydroxyl groups is 1. The zero-order valence-corrected chi connectivity index (χ0v) is 17.0. The molecule has 7 heteroatoms. The van der Waals surface area contributed by atoms with Gasteiger partial charge in [0.15, 0.2) is 0 Å². The molecule has 0 amide bonds. The number of carbonyl (C=O) groups is 1. The summed E-state index contributed by atoms with van der Waals surface area (Å²) in [7, 11) is 3.06. The van der Waals surface area contributed by atoms with Crippen LogP contribution in [-0.4, -0.2) is 60.1 Å². The van der Waals surface area contributed by atoms with Gasteiger partial charge in [0, 0.05) is 42.1 Å². The van der Waals surface area contributed by atoms with Gasteiger partial charge in [-0.1, -0.05) is 6.92 Å². The van der Waals surface area contributed by atoms with Crippen molar-refractivity contribution in [1.29, 1.82) is 0 Å². The van der Waals surface area contributed by atoms with Crippen LogP contribution in [0.2, 0.25) is 0 Å². The molecular weight excluding hydrogens is 372 g/mol. The number of aliphatic hydroxyl groups excluding tert-OH is 1. The molecule has 0 unspecified atom stereocenters. The fourth-order valence-corrected chi connectivity index (χ4v) is 6.80. The van der Waals surface area contributed by atoms with Crippen LogP contribution in [0.15, 0.2) is 18.2 Å². The third-order valence-electron chi connectivity index (χ3n) is 7.89. The highest BCUT2D eigenvalue weighted by atomic mass is 16.6. The maximum absolute atomic E-state index is 13.3. The molecule has 2 bridgehead atoms. The van der Waals surface area contributed by atoms with Crippen molar-refractivity contribution in [1.82, 2.24) is 9.47 Å². The monoisotopic (exact) mass is 398 g/mol. The lowest BCUT2D eigenvalue weighted by Gasteiger charge is -2.55. The van der Waals surface area contributed by atoms with Gasteiger partial charge < -0.3 is 23.9 Å².